The number of furan rings is 1. The number of rotatable bonds is 3. The number of nitrogens with zero attached hydrogens (tertiary/aromatic N) is 1. The number of hydrogen-bond acceptors (Lipinski definition) is 3. The molecule has 2 rings (SSSR count). The Hall–Kier alpha value is -0.800. The molecule has 1 fully saturated rings. The molecule has 1 saturated heterocycles. The highest BCUT2D eigenvalue weighted by molar-refractivity contribution is 5.06. The van der Waals surface area contributed by atoms with Crippen molar-refractivity contribution in [1.29, 1.82) is 0 Å². The van der Waals surface area contributed by atoms with Crippen LogP contribution in [-0.2, 0) is 0 Å². The largest absolute Gasteiger partial charge is 0.469 e. The molecule has 14 heavy (non-hydrogen) atoms. The first-order chi connectivity index (χ1) is 6.90. The maximum absolute atomic E-state index is 5.53. The van der Waals surface area contributed by atoms with Crippen molar-refractivity contribution in [3.63, 3.8) is 0 Å². The molecule has 78 valence electrons. The van der Waals surface area contributed by atoms with Crippen molar-refractivity contribution < 1.29 is 4.42 Å². The van der Waals surface area contributed by atoms with E-state index in [1.807, 2.05) is 6.07 Å². The summed E-state index contributed by atoms with van der Waals surface area (Å²) in [6.07, 6.45) is 4.17. The van der Waals surface area contributed by atoms with Crippen molar-refractivity contribution in [1.82, 2.24) is 4.90 Å². The Morgan fingerprint density at radius 3 is 2.79 bits per heavy atom. The van der Waals surface area contributed by atoms with Gasteiger partial charge in [0, 0.05) is 19.0 Å². The molecule has 0 radical (unpaired) electrons. The summed E-state index contributed by atoms with van der Waals surface area (Å²) in [6, 6.07) is 4.06. The highest BCUT2D eigenvalue weighted by atomic mass is 16.3. The summed E-state index contributed by atoms with van der Waals surface area (Å²) in [5.74, 6) is 1.77. The standard InChI is InChI=1S/C11H18N2O/c12-5-8-13-6-3-10(4-7-13)11-2-1-9-14-11/h1-2,9-10H,3-8,12H2. The van der Waals surface area contributed by atoms with E-state index in [2.05, 4.69) is 11.0 Å². The van der Waals surface area contributed by atoms with Gasteiger partial charge in [0.2, 0.25) is 0 Å². The third-order valence-corrected chi connectivity index (χ3v) is 2.98. The minimum absolute atomic E-state index is 0.624. The zero-order chi connectivity index (χ0) is 9.80. The van der Waals surface area contributed by atoms with Gasteiger partial charge in [0.25, 0.3) is 0 Å². The van der Waals surface area contributed by atoms with Crippen molar-refractivity contribution in [3.8, 4) is 0 Å². The van der Waals surface area contributed by atoms with Gasteiger partial charge in [-0.05, 0) is 38.1 Å². The molecule has 0 amide bonds. The van der Waals surface area contributed by atoms with Crippen LogP contribution in [0, 0.1) is 0 Å². The van der Waals surface area contributed by atoms with Crippen molar-refractivity contribution in [3.05, 3.63) is 24.2 Å². The first-order valence-electron chi connectivity index (χ1n) is 5.36. The zero-order valence-electron chi connectivity index (χ0n) is 8.48. The summed E-state index contributed by atoms with van der Waals surface area (Å²) in [5, 5.41) is 0. The predicted molar refractivity (Wildman–Crippen MR) is 56.2 cm³/mol. The van der Waals surface area contributed by atoms with Crippen molar-refractivity contribution in [2.24, 2.45) is 5.73 Å². The number of hydrogen-bond donors (Lipinski definition) is 1. The van der Waals surface area contributed by atoms with Crippen LogP contribution in [0.1, 0.15) is 24.5 Å². The average Bonchev–Trinajstić information content (AvgIpc) is 2.72. The summed E-state index contributed by atoms with van der Waals surface area (Å²) in [5.41, 5.74) is 5.53. The Balaban J connectivity index is 1.84. The fourth-order valence-corrected chi connectivity index (χ4v) is 2.15. The molecule has 0 saturated carbocycles. The Bertz CT molecular complexity index is 250. The van der Waals surface area contributed by atoms with Crippen LogP contribution in [0.3, 0.4) is 0 Å². The van der Waals surface area contributed by atoms with Crippen LogP contribution >= 0.6 is 0 Å². The first-order valence-corrected chi connectivity index (χ1v) is 5.36. The molecule has 3 heteroatoms. The van der Waals surface area contributed by atoms with E-state index in [4.69, 9.17) is 10.2 Å². The van der Waals surface area contributed by atoms with Gasteiger partial charge in [0.1, 0.15) is 5.76 Å². The minimum atomic E-state index is 0.624. The maximum atomic E-state index is 5.53. The predicted octanol–water partition coefficient (Wildman–Crippen LogP) is 1.42. The quantitative estimate of drug-likeness (QED) is 0.791. The van der Waals surface area contributed by atoms with Gasteiger partial charge in [0.15, 0.2) is 0 Å². The first kappa shape index (κ1) is 9.74. The summed E-state index contributed by atoms with van der Waals surface area (Å²) in [4.78, 5) is 2.43. The molecule has 0 aliphatic carbocycles. The lowest BCUT2D eigenvalue weighted by atomic mass is 9.94. The molecule has 2 heterocycles. The van der Waals surface area contributed by atoms with Crippen LogP contribution < -0.4 is 5.73 Å². The fourth-order valence-electron chi connectivity index (χ4n) is 2.15. The summed E-state index contributed by atoms with van der Waals surface area (Å²) in [7, 11) is 0. The lowest BCUT2D eigenvalue weighted by Crippen LogP contribution is -2.36. The van der Waals surface area contributed by atoms with Crippen LogP contribution in [0.5, 0.6) is 0 Å². The number of likely N-dealkylation sites (tertiary alicyclic amines) is 1. The van der Waals surface area contributed by atoms with Gasteiger partial charge in [-0.2, -0.15) is 0 Å². The van der Waals surface area contributed by atoms with Gasteiger partial charge in [-0.3, -0.25) is 0 Å². The van der Waals surface area contributed by atoms with E-state index in [0.29, 0.717) is 5.92 Å². The van der Waals surface area contributed by atoms with E-state index >= 15 is 0 Å². The van der Waals surface area contributed by atoms with Gasteiger partial charge in [0.05, 0.1) is 6.26 Å². The van der Waals surface area contributed by atoms with E-state index in [9.17, 15) is 0 Å². The molecule has 2 N–H and O–H groups in total. The highest BCUT2D eigenvalue weighted by Gasteiger charge is 2.21. The molecular weight excluding hydrogens is 176 g/mol. The number of nitrogens with two attached hydrogens (primary N) is 1. The Kier molecular flexibility index (Phi) is 3.22. The fraction of sp³-hybridized carbons (Fsp3) is 0.636. The van der Waals surface area contributed by atoms with Crippen LogP contribution in [0.15, 0.2) is 22.8 Å². The second-order valence-corrected chi connectivity index (χ2v) is 3.92. The molecule has 0 unspecified atom stereocenters. The van der Waals surface area contributed by atoms with Crippen LogP contribution in [0.2, 0.25) is 0 Å². The van der Waals surface area contributed by atoms with Gasteiger partial charge in [-0.1, -0.05) is 0 Å². The summed E-state index contributed by atoms with van der Waals surface area (Å²) in [6.45, 7) is 4.11. The second-order valence-electron chi connectivity index (χ2n) is 3.92. The van der Waals surface area contributed by atoms with Gasteiger partial charge in [-0.15, -0.1) is 0 Å². The third-order valence-electron chi connectivity index (χ3n) is 2.98. The van der Waals surface area contributed by atoms with E-state index in [1.165, 1.54) is 12.8 Å². The smallest absolute Gasteiger partial charge is 0.106 e. The molecule has 0 bridgehead atoms. The summed E-state index contributed by atoms with van der Waals surface area (Å²) < 4.78 is 5.42. The molecule has 0 aromatic carbocycles. The molecular formula is C11H18N2O. The topological polar surface area (TPSA) is 42.4 Å². The van der Waals surface area contributed by atoms with Gasteiger partial charge in [-0.25, -0.2) is 0 Å². The van der Waals surface area contributed by atoms with Crippen LogP contribution in [0.25, 0.3) is 0 Å². The zero-order valence-corrected chi connectivity index (χ0v) is 8.48. The lowest BCUT2D eigenvalue weighted by molar-refractivity contribution is 0.207. The summed E-state index contributed by atoms with van der Waals surface area (Å²) >= 11 is 0. The monoisotopic (exact) mass is 194 g/mol. The maximum Gasteiger partial charge on any atom is 0.106 e. The van der Waals surface area contributed by atoms with Gasteiger partial charge >= 0.3 is 0 Å². The average molecular weight is 194 g/mol. The van der Waals surface area contributed by atoms with E-state index in [0.717, 1.165) is 31.9 Å². The van der Waals surface area contributed by atoms with E-state index in [1.54, 1.807) is 6.26 Å². The molecule has 0 spiro atoms. The van der Waals surface area contributed by atoms with E-state index in [-0.39, 0.29) is 0 Å². The second kappa shape index (κ2) is 4.62. The molecule has 0 atom stereocenters. The molecule has 1 aliphatic rings. The molecule has 3 nitrogen and oxygen atoms in total. The Morgan fingerprint density at radius 2 is 2.21 bits per heavy atom. The number of piperidine rings is 1. The third kappa shape index (κ3) is 2.16. The lowest BCUT2D eigenvalue weighted by Gasteiger charge is -2.30. The Labute approximate surface area is 84.9 Å². The molecule has 1 aliphatic heterocycles. The SMILES string of the molecule is NCCN1CCC(c2ccco2)CC1. The molecule has 1 aromatic rings. The van der Waals surface area contributed by atoms with E-state index < -0.39 is 0 Å². The van der Waals surface area contributed by atoms with Crippen LogP contribution in [-0.4, -0.2) is 31.1 Å². The highest BCUT2D eigenvalue weighted by Crippen LogP contribution is 2.27. The Morgan fingerprint density at radius 1 is 1.43 bits per heavy atom. The van der Waals surface area contributed by atoms with Crippen molar-refractivity contribution in [2.75, 3.05) is 26.2 Å². The van der Waals surface area contributed by atoms with Crippen LogP contribution in [0.4, 0.5) is 0 Å². The molecule has 1 aromatic heterocycles. The van der Waals surface area contributed by atoms with Crippen molar-refractivity contribution in [2.45, 2.75) is 18.8 Å². The van der Waals surface area contributed by atoms with Gasteiger partial charge < -0.3 is 15.1 Å². The normalized spacial score (nSPS) is 20.1. The minimum Gasteiger partial charge on any atom is -0.469 e. The van der Waals surface area contributed by atoms with Crippen molar-refractivity contribution >= 4 is 0 Å².